The Morgan fingerprint density at radius 2 is 1.96 bits per heavy atom. The lowest BCUT2D eigenvalue weighted by Crippen LogP contribution is -2.36. The average molecular weight is 347 g/mol. The third-order valence-electron chi connectivity index (χ3n) is 4.21. The minimum Gasteiger partial charge on any atom is -0.268 e. The van der Waals surface area contributed by atoms with E-state index in [-0.39, 0.29) is 17.4 Å². The highest BCUT2D eigenvalue weighted by Crippen LogP contribution is 2.27. The predicted octanol–water partition coefficient (Wildman–Crippen LogP) is 1.24. The number of hydrogen-bond acceptors (Lipinski definition) is 4. The quantitative estimate of drug-likeness (QED) is 0.882. The SMILES string of the molecule is CCCS(=O)(=O)NC1Cc2ccc(-c3ccc(=O)n(C)n3)cc2C1. The zero-order chi connectivity index (χ0) is 17.3. The Labute approximate surface area is 141 Å². The summed E-state index contributed by atoms with van der Waals surface area (Å²) in [7, 11) is -1.58. The molecule has 2 aromatic rings. The van der Waals surface area contributed by atoms with E-state index >= 15 is 0 Å². The van der Waals surface area contributed by atoms with E-state index in [0.29, 0.717) is 19.3 Å². The number of fused-ring (bicyclic) bond motifs is 1. The lowest BCUT2D eigenvalue weighted by atomic mass is 10.0. The number of nitrogens with zero attached hydrogens (tertiary/aromatic N) is 2. The summed E-state index contributed by atoms with van der Waals surface area (Å²) in [5.41, 5.74) is 3.81. The molecule has 1 aromatic heterocycles. The molecule has 24 heavy (non-hydrogen) atoms. The number of sulfonamides is 1. The Kier molecular flexibility index (Phi) is 4.56. The minimum absolute atomic E-state index is 0.0834. The van der Waals surface area contributed by atoms with Crippen LogP contribution in [0.15, 0.2) is 35.1 Å². The van der Waals surface area contributed by atoms with Crippen LogP contribution in [0.1, 0.15) is 24.5 Å². The maximum atomic E-state index is 11.9. The normalized spacial score (nSPS) is 17.0. The molecule has 0 fully saturated rings. The average Bonchev–Trinajstić information content (AvgIpc) is 2.90. The lowest BCUT2D eigenvalue weighted by molar-refractivity contribution is 0.554. The number of nitrogens with one attached hydrogen (secondary N) is 1. The molecule has 1 heterocycles. The van der Waals surface area contributed by atoms with Crippen LogP contribution in [0.2, 0.25) is 0 Å². The zero-order valence-corrected chi connectivity index (χ0v) is 14.6. The number of hydrogen-bond donors (Lipinski definition) is 1. The first-order chi connectivity index (χ1) is 11.4. The van der Waals surface area contributed by atoms with E-state index < -0.39 is 10.0 Å². The maximum Gasteiger partial charge on any atom is 0.266 e. The second-order valence-corrected chi connectivity index (χ2v) is 8.08. The molecule has 1 aromatic carbocycles. The van der Waals surface area contributed by atoms with Crippen molar-refractivity contribution in [2.24, 2.45) is 7.05 Å². The highest BCUT2D eigenvalue weighted by Gasteiger charge is 2.25. The van der Waals surface area contributed by atoms with Gasteiger partial charge in [-0.3, -0.25) is 4.79 Å². The van der Waals surface area contributed by atoms with Gasteiger partial charge in [0.2, 0.25) is 10.0 Å². The minimum atomic E-state index is -3.21. The van der Waals surface area contributed by atoms with Crippen LogP contribution in [0, 0.1) is 0 Å². The third kappa shape index (κ3) is 3.57. The zero-order valence-electron chi connectivity index (χ0n) is 13.8. The molecule has 128 valence electrons. The second kappa shape index (κ2) is 6.49. The molecule has 0 amide bonds. The summed E-state index contributed by atoms with van der Waals surface area (Å²) >= 11 is 0. The summed E-state index contributed by atoms with van der Waals surface area (Å²) < 4.78 is 28.0. The van der Waals surface area contributed by atoms with Gasteiger partial charge in [0, 0.05) is 24.7 Å². The van der Waals surface area contributed by atoms with Gasteiger partial charge in [-0.2, -0.15) is 5.10 Å². The monoisotopic (exact) mass is 347 g/mol. The van der Waals surface area contributed by atoms with Crippen LogP contribution in [0.4, 0.5) is 0 Å². The number of benzene rings is 1. The molecule has 0 saturated heterocycles. The largest absolute Gasteiger partial charge is 0.268 e. The summed E-state index contributed by atoms with van der Waals surface area (Å²) in [6, 6.07) is 9.15. The molecule has 1 atom stereocenters. The molecule has 3 rings (SSSR count). The first-order valence-electron chi connectivity index (χ1n) is 8.04. The van der Waals surface area contributed by atoms with Gasteiger partial charge in [-0.15, -0.1) is 0 Å². The van der Waals surface area contributed by atoms with E-state index in [1.54, 1.807) is 13.1 Å². The Morgan fingerprint density at radius 1 is 1.21 bits per heavy atom. The van der Waals surface area contributed by atoms with Gasteiger partial charge < -0.3 is 0 Å². The predicted molar refractivity (Wildman–Crippen MR) is 93.3 cm³/mol. The summed E-state index contributed by atoms with van der Waals surface area (Å²) in [6.45, 7) is 1.86. The smallest absolute Gasteiger partial charge is 0.266 e. The number of aromatic nitrogens is 2. The molecule has 0 saturated carbocycles. The molecule has 6 nitrogen and oxygen atoms in total. The van der Waals surface area contributed by atoms with Crippen molar-refractivity contribution in [2.75, 3.05) is 5.75 Å². The Morgan fingerprint density at radius 3 is 2.67 bits per heavy atom. The fourth-order valence-electron chi connectivity index (χ4n) is 3.10. The van der Waals surface area contributed by atoms with E-state index in [2.05, 4.69) is 9.82 Å². The van der Waals surface area contributed by atoms with Gasteiger partial charge >= 0.3 is 0 Å². The molecule has 1 aliphatic carbocycles. The van der Waals surface area contributed by atoms with E-state index in [0.717, 1.165) is 22.4 Å². The van der Waals surface area contributed by atoms with Crippen LogP contribution in [0.5, 0.6) is 0 Å². The van der Waals surface area contributed by atoms with Gasteiger partial charge in [-0.1, -0.05) is 19.1 Å². The van der Waals surface area contributed by atoms with Gasteiger partial charge in [0.05, 0.1) is 11.4 Å². The van der Waals surface area contributed by atoms with Crippen LogP contribution < -0.4 is 10.3 Å². The lowest BCUT2D eigenvalue weighted by Gasteiger charge is -2.11. The molecule has 1 unspecified atom stereocenters. The van der Waals surface area contributed by atoms with Crippen LogP contribution in [0.25, 0.3) is 11.3 Å². The number of aryl methyl sites for hydroxylation is 1. The van der Waals surface area contributed by atoms with Crippen molar-refractivity contribution in [3.05, 3.63) is 51.8 Å². The summed E-state index contributed by atoms with van der Waals surface area (Å²) in [4.78, 5) is 11.5. The van der Waals surface area contributed by atoms with Crippen molar-refractivity contribution >= 4 is 10.0 Å². The molecular formula is C17H21N3O3S. The van der Waals surface area contributed by atoms with Gasteiger partial charge in [0.25, 0.3) is 5.56 Å². The van der Waals surface area contributed by atoms with Crippen molar-refractivity contribution in [2.45, 2.75) is 32.2 Å². The molecule has 1 aliphatic rings. The van der Waals surface area contributed by atoms with E-state index in [9.17, 15) is 13.2 Å². The number of rotatable bonds is 5. The van der Waals surface area contributed by atoms with Crippen LogP contribution >= 0.6 is 0 Å². The van der Waals surface area contributed by atoms with Gasteiger partial charge in [0.1, 0.15) is 0 Å². The first-order valence-corrected chi connectivity index (χ1v) is 9.70. The highest BCUT2D eigenvalue weighted by atomic mass is 32.2. The Bertz CT molecular complexity index is 919. The highest BCUT2D eigenvalue weighted by molar-refractivity contribution is 7.89. The molecule has 7 heteroatoms. The molecule has 0 bridgehead atoms. The van der Waals surface area contributed by atoms with E-state index in [1.807, 2.05) is 25.1 Å². The van der Waals surface area contributed by atoms with E-state index in [1.165, 1.54) is 10.7 Å². The second-order valence-electron chi connectivity index (χ2n) is 6.21. The van der Waals surface area contributed by atoms with Crippen molar-refractivity contribution in [3.8, 4) is 11.3 Å². The van der Waals surface area contributed by atoms with Crippen molar-refractivity contribution in [3.63, 3.8) is 0 Å². The summed E-state index contributed by atoms with van der Waals surface area (Å²) in [5, 5.41) is 4.26. The van der Waals surface area contributed by atoms with Gasteiger partial charge in [-0.25, -0.2) is 17.8 Å². The van der Waals surface area contributed by atoms with Crippen LogP contribution in [-0.2, 0) is 29.9 Å². The van der Waals surface area contributed by atoms with Gasteiger partial charge in [-0.05, 0) is 42.5 Å². The molecular weight excluding hydrogens is 326 g/mol. The van der Waals surface area contributed by atoms with Crippen molar-refractivity contribution < 1.29 is 8.42 Å². The van der Waals surface area contributed by atoms with Crippen LogP contribution in [-0.4, -0.2) is 30.0 Å². The Hall–Kier alpha value is -1.99. The fourth-order valence-corrected chi connectivity index (χ4v) is 4.43. The molecule has 0 spiro atoms. The summed E-state index contributed by atoms with van der Waals surface area (Å²) in [6.07, 6.45) is 1.99. The summed E-state index contributed by atoms with van der Waals surface area (Å²) in [5.74, 6) is 0.160. The molecule has 0 aliphatic heterocycles. The van der Waals surface area contributed by atoms with Crippen LogP contribution in [0.3, 0.4) is 0 Å². The topological polar surface area (TPSA) is 81.1 Å². The first kappa shape index (κ1) is 16.9. The fraction of sp³-hybridized carbons (Fsp3) is 0.412. The maximum absolute atomic E-state index is 11.9. The van der Waals surface area contributed by atoms with Crippen molar-refractivity contribution in [1.29, 1.82) is 0 Å². The molecule has 1 N–H and O–H groups in total. The van der Waals surface area contributed by atoms with Crippen molar-refractivity contribution in [1.82, 2.24) is 14.5 Å². The molecule has 0 radical (unpaired) electrons. The third-order valence-corrected chi connectivity index (χ3v) is 5.85. The van der Waals surface area contributed by atoms with E-state index in [4.69, 9.17) is 0 Å². The van der Waals surface area contributed by atoms with Gasteiger partial charge in [0.15, 0.2) is 0 Å². The standard InChI is InChI=1S/C17H21N3O3S/c1-3-8-24(22,23)19-15-10-12-4-5-13(9-14(12)11-15)16-6-7-17(21)20(2)18-16/h4-7,9,15,19H,3,8,10-11H2,1-2H3. The Balaban J connectivity index is 1.81.